The fourth-order valence-electron chi connectivity index (χ4n) is 2.56. The van der Waals surface area contributed by atoms with Crippen molar-refractivity contribution < 1.29 is 0 Å². The molecule has 0 saturated carbocycles. The standard InChI is InChI=1S/C18H26N2/c1-2-3-4-5-6-7-8-9-12-16-15-19-17-13-10-11-14-18(17)20-16/h10-11,13-15H,2-9,12H2,1H3. The third-order valence-electron chi connectivity index (χ3n) is 3.78. The van der Waals surface area contributed by atoms with E-state index in [4.69, 9.17) is 0 Å². The first-order chi connectivity index (χ1) is 9.90. The van der Waals surface area contributed by atoms with Gasteiger partial charge in [-0.2, -0.15) is 0 Å². The summed E-state index contributed by atoms with van der Waals surface area (Å²) < 4.78 is 0. The number of aryl methyl sites for hydroxylation is 1. The molecule has 0 amide bonds. The van der Waals surface area contributed by atoms with Crippen LogP contribution < -0.4 is 0 Å². The van der Waals surface area contributed by atoms with Gasteiger partial charge in [-0.1, -0.05) is 64.0 Å². The minimum absolute atomic E-state index is 0.993. The van der Waals surface area contributed by atoms with Crippen molar-refractivity contribution in [1.82, 2.24) is 9.97 Å². The molecule has 0 radical (unpaired) electrons. The fourth-order valence-corrected chi connectivity index (χ4v) is 2.56. The molecule has 1 heterocycles. The molecule has 20 heavy (non-hydrogen) atoms. The smallest absolute Gasteiger partial charge is 0.0890 e. The summed E-state index contributed by atoms with van der Waals surface area (Å²) in [7, 11) is 0. The van der Waals surface area contributed by atoms with Crippen molar-refractivity contribution in [2.24, 2.45) is 0 Å². The van der Waals surface area contributed by atoms with Gasteiger partial charge in [-0.25, -0.2) is 4.98 Å². The number of rotatable bonds is 9. The Kier molecular flexibility index (Phi) is 6.49. The molecule has 108 valence electrons. The van der Waals surface area contributed by atoms with E-state index in [1.165, 1.54) is 51.4 Å². The highest BCUT2D eigenvalue weighted by molar-refractivity contribution is 5.73. The highest BCUT2D eigenvalue weighted by atomic mass is 14.8. The average molecular weight is 270 g/mol. The Morgan fingerprint density at radius 2 is 1.45 bits per heavy atom. The highest BCUT2D eigenvalue weighted by Gasteiger charge is 1.99. The summed E-state index contributed by atoms with van der Waals surface area (Å²) >= 11 is 0. The maximum atomic E-state index is 4.67. The van der Waals surface area contributed by atoms with Gasteiger partial charge in [-0.15, -0.1) is 0 Å². The number of para-hydroxylation sites is 2. The summed E-state index contributed by atoms with van der Waals surface area (Å²) in [6, 6.07) is 8.09. The number of hydrogen-bond acceptors (Lipinski definition) is 2. The van der Waals surface area contributed by atoms with Crippen LogP contribution in [0.2, 0.25) is 0 Å². The molecular formula is C18H26N2. The second-order valence-corrected chi connectivity index (χ2v) is 5.57. The number of benzene rings is 1. The van der Waals surface area contributed by atoms with Crippen LogP contribution in [0.1, 0.15) is 64.0 Å². The molecule has 2 aromatic rings. The van der Waals surface area contributed by atoms with Crippen molar-refractivity contribution >= 4 is 11.0 Å². The zero-order chi connectivity index (χ0) is 14.0. The molecule has 0 atom stereocenters. The number of nitrogens with zero attached hydrogens (tertiary/aromatic N) is 2. The molecule has 0 aliphatic heterocycles. The van der Waals surface area contributed by atoms with Gasteiger partial charge in [-0.3, -0.25) is 4.98 Å². The van der Waals surface area contributed by atoms with Crippen LogP contribution in [0.5, 0.6) is 0 Å². The molecule has 0 N–H and O–H groups in total. The van der Waals surface area contributed by atoms with E-state index in [1.54, 1.807) is 0 Å². The minimum atomic E-state index is 0.993. The number of unbranched alkanes of at least 4 members (excludes halogenated alkanes) is 7. The van der Waals surface area contributed by atoms with Crippen LogP contribution in [0.3, 0.4) is 0 Å². The Balaban J connectivity index is 1.65. The van der Waals surface area contributed by atoms with Crippen LogP contribution in [-0.2, 0) is 6.42 Å². The predicted molar refractivity (Wildman–Crippen MR) is 85.9 cm³/mol. The lowest BCUT2D eigenvalue weighted by Gasteiger charge is -2.03. The largest absolute Gasteiger partial charge is 0.253 e. The first kappa shape index (κ1) is 15.0. The van der Waals surface area contributed by atoms with Gasteiger partial charge in [0.1, 0.15) is 0 Å². The van der Waals surface area contributed by atoms with Gasteiger partial charge in [0.05, 0.1) is 16.7 Å². The number of aromatic nitrogens is 2. The van der Waals surface area contributed by atoms with Crippen LogP contribution in [0.4, 0.5) is 0 Å². The Morgan fingerprint density at radius 3 is 2.20 bits per heavy atom. The van der Waals surface area contributed by atoms with Gasteiger partial charge < -0.3 is 0 Å². The van der Waals surface area contributed by atoms with Crippen molar-refractivity contribution in [1.29, 1.82) is 0 Å². The average Bonchev–Trinajstić information content (AvgIpc) is 2.50. The van der Waals surface area contributed by atoms with Crippen LogP contribution >= 0.6 is 0 Å². The van der Waals surface area contributed by atoms with E-state index >= 15 is 0 Å². The van der Waals surface area contributed by atoms with Gasteiger partial charge in [0.25, 0.3) is 0 Å². The van der Waals surface area contributed by atoms with Crippen molar-refractivity contribution in [3.63, 3.8) is 0 Å². The normalized spacial score (nSPS) is 11.1. The van der Waals surface area contributed by atoms with Crippen LogP contribution in [-0.4, -0.2) is 9.97 Å². The van der Waals surface area contributed by atoms with E-state index in [2.05, 4.69) is 16.9 Å². The van der Waals surface area contributed by atoms with E-state index in [-0.39, 0.29) is 0 Å². The Labute approximate surface area is 122 Å². The maximum absolute atomic E-state index is 4.67. The van der Waals surface area contributed by atoms with E-state index in [9.17, 15) is 0 Å². The Bertz CT molecular complexity index is 507. The molecule has 2 rings (SSSR count). The van der Waals surface area contributed by atoms with Crippen molar-refractivity contribution in [2.75, 3.05) is 0 Å². The van der Waals surface area contributed by atoms with E-state index < -0.39 is 0 Å². The van der Waals surface area contributed by atoms with Crippen LogP contribution in [0.15, 0.2) is 30.5 Å². The van der Waals surface area contributed by atoms with Gasteiger partial charge in [-0.05, 0) is 25.0 Å². The molecule has 2 heteroatoms. The lowest BCUT2D eigenvalue weighted by molar-refractivity contribution is 0.574. The molecule has 0 aliphatic rings. The zero-order valence-electron chi connectivity index (χ0n) is 12.6. The second kappa shape index (κ2) is 8.68. The van der Waals surface area contributed by atoms with Gasteiger partial charge in [0, 0.05) is 6.20 Å². The topological polar surface area (TPSA) is 25.8 Å². The first-order valence-electron chi connectivity index (χ1n) is 8.11. The molecular weight excluding hydrogens is 244 g/mol. The molecule has 1 aromatic carbocycles. The molecule has 0 bridgehead atoms. The summed E-state index contributed by atoms with van der Waals surface area (Å²) in [4.78, 5) is 9.14. The lowest BCUT2D eigenvalue weighted by atomic mass is 10.1. The third-order valence-corrected chi connectivity index (χ3v) is 3.78. The summed E-state index contributed by atoms with van der Waals surface area (Å²) in [6.45, 7) is 2.27. The zero-order valence-corrected chi connectivity index (χ0v) is 12.6. The van der Waals surface area contributed by atoms with E-state index in [0.29, 0.717) is 0 Å². The van der Waals surface area contributed by atoms with E-state index in [1.807, 2.05) is 30.5 Å². The van der Waals surface area contributed by atoms with Gasteiger partial charge in [0.15, 0.2) is 0 Å². The Morgan fingerprint density at radius 1 is 0.800 bits per heavy atom. The molecule has 2 nitrogen and oxygen atoms in total. The van der Waals surface area contributed by atoms with Crippen molar-refractivity contribution in [2.45, 2.75) is 64.7 Å². The third kappa shape index (κ3) is 4.92. The lowest BCUT2D eigenvalue weighted by Crippen LogP contribution is -1.93. The SMILES string of the molecule is CCCCCCCCCCc1cnc2ccccc2n1. The van der Waals surface area contributed by atoms with Crippen LogP contribution in [0, 0.1) is 0 Å². The first-order valence-corrected chi connectivity index (χ1v) is 8.11. The molecule has 0 fully saturated rings. The summed E-state index contributed by atoms with van der Waals surface area (Å²) in [5, 5.41) is 0. The molecule has 0 spiro atoms. The summed E-state index contributed by atoms with van der Waals surface area (Å²) in [5.41, 5.74) is 3.14. The van der Waals surface area contributed by atoms with Crippen molar-refractivity contribution in [3.8, 4) is 0 Å². The van der Waals surface area contributed by atoms with Gasteiger partial charge in [0.2, 0.25) is 0 Å². The van der Waals surface area contributed by atoms with E-state index in [0.717, 1.165) is 23.1 Å². The number of fused-ring (bicyclic) bond motifs is 1. The molecule has 0 saturated heterocycles. The van der Waals surface area contributed by atoms with Crippen molar-refractivity contribution in [3.05, 3.63) is 36.2 Å². The number of hydrogen-bond donors (Lipinski definition) is 0. The molecule has 1 aromatic heterocycles. The monoisotopic (exact) mass is 270 g/mol. The summed E-state index contributed by atoms with van der Waals surface area (Å²) in [6.07, 6.45) is 13.9. The quantitative estimate of drug-likeness (QED) is 0.577. The summed E-state index contributed by atoms with van der Waals surface area (Å²) in [5.74, 6) is 0. The van der Waals surface area contributed by atoms with Gasteiger partial charge >= 0.3 is 0 Å². The molecule has 0 unspecified atom stereocenters. The Hall–Kier alpha value is -1.44. The maximum Gasteiger partial charge on any atom is 0.0890 e. The highest BCUT2D eigenvalue weighted by Crippen LogP contribution is 2.12. The molecule has 0 aliphatic carbocycles. The minimum Gasteiger partial charge on any atom is -0.253 e. The predicted octanol–water partition coefficient (Wildman–Crippen LogP) is 5.31. The second-order valence-electron chi connectivity index (χ2n) is 5.57. The fraction of sp³-hybridized carbons (Fsp3) is 0.556. The van der Waals surface area contributed by atoms with Crippen LogP contribution in [0.25, 0.3) is 11.0 Å².